The van der Waals surface area contributed by atoms with Crippen molar-refractivity contribution in [1.82, 2.24) is 15.1 Å². The van der Waals surface area contributed by atoms with Crippen LogP contribution in [0.3, 0.4) is 0 Å². The standard InChI is InChI=1S/C21H20ClN3O2/c1-27-15-11-9-14(10-12-15)25-20-8-4-7-19(17(20)13-23-25)24-21(26)16-5-2-3-6-18(16)22/h2-3,5-6,9-13,19H,4,7-8H2,1H3,(H,24,26). The van der Waals surface area contributed by atoms with Gasteiger partial charge < -0.3 is 10.1 Å². The molecule has 3 aromatic rings. The van der Waals surface area contributed by atoms with Gasteiger partial charge >= 0.3 is 0 Å². The lowest BCUT2D eigenvalue weighted by molar-refractivity contribution is 0.0933. The van der Waals surface area contributed by atoms with Gasteiger partial charge in [-0.05, 0) is 55.7 Å². The zero-order chi connectivity index (χ0) is 18.8. The minimum absolute atomic E-state index is 0.0653. The van der Waals surface area contributed by atoms with Crippen molar-refractivity contribution in [3.63, 3.8) is 0 Å². The molecule has 0 spiro atoms. The van der Waals surface area contributed by atoms with E-state index in [-0.39, 0.29) is 11.9 Å². The number of carbonyl (C=O) groups is 1. The number of fused-ring (bicyclic) bond motifs is 1. The van der Waals surface area contributed by atoms with Crippen LogP contribution in [0.15, 0.2) is 54.7 Å². The van der Waals surface area contributed by atoms with Gasteiger partial charge in [0, 0.05) is 11.3 Å². The van der Waals surface area contributed by atoms with Crippen molar-refractivity contribution in [1.29, 1.82) is 0 Å². The Kier molecular flexibility index (Phi) is 4.86. The SMILES string of the molecule is COc1ccc(-n2ncc3c2CCCC3NC(=O)c2ccccc2Cl)cc1. The van der Waals surface area contributed by atoms with Gasteiger partial charge in [-0.15, -0.1) is 0 Å². The molecule has 27 heavy (non-hydrogen) atoms. The third-order valence-corrected chi connectivity index (χ3v) is 5.25. The summed E-state index contributed by atoms with van der Waals surface area (Å²) >= 11 is 6.16. The Morgan fingerprint density at radius 1 is 1.22 bits per heavy atom. The fraction of sp³-hybridized carbons (Fsp3) is 0.238. The summed E-state index contributed by atoms with van der Waals surface area (Å²) in [5.41, 5.74) is 3.68. The number of rotatable bonds is 4. The molecule has 0 saturated heterocycles. The monoisotopic (exact) mass is 381 g/mol. The summed E-state index contributed by atoms with van der Waals surface area (Å²) < 4.78 is 7.17. The molecule has 0 aliphatic heterocycles. The highest BCUT2D eigenvalue weighted by atomic mass is 35.5. The fourth-order valence-corrected chi connectivity index (χ4v) is 3.76. The van der Waals surface area contributed by atoms with E-state index in [0.717, 1.165) is 42.0 Å². The van der Waals surface area contributed by atoms with Crippen LogP contribution in [0.2, 0.25) is 5.02 Å². The van der Waals surface area contributed by atoms with E-state index in [1.54, 1.807) is 19.2 Å². The van der Waals surface area contributed by atoms with Crippen molar-refractivity contribution in [3.8, 4) is 11.4 Å². The maximum Gasteiger partial charge on any atom is 0.253 e. The van der Waals surface area contributed by atoms with Crippen molar-refractivity contribution in [2.45, 2.75) is 25.3 Å². The van der Waals surface area contributed by atoms with E-state index in [4.69, 9.17) is 16.3 Å². The van der Waals surface area contributed by atoms with Crippen molar-refractivity contribution in [2.24, 2.45) is 0 Å². The highest BCUT2D eigenvalue weighted by Crippen LogP contribution is 2.32. The van der Waals surface area contributed by atoms with Crippen molar-refractivity contribution in [2.75, 3.05) is 7.11 Å². The predicted octanol–water partition coefficient (Wildman–Crippen LogP) is 4.34. The number of aromatic nitrogens is 2. The first-order chi connectivity index (χ1) is 13.2. The number of amides is 1. The number of halogens is 1. The summed E-state index contributed by atoms with van der Waals surface area (Å²) in [6, 6.07) is 14.8. The van der Waals surface area contributed by atoms with Gasteiger partial charge in [0.1, 0.15) is 5.75 Å². The van der Waals surface area contributed by atoms with Gasteiger partial charge in [-0.3, -0.25) is 4.79 Å². The normalized spacial score (nSPS) is 15.9. The average Bonchev–Trinajstić information content (AvgIpc) is 3.13. The number of hydrogen-bond donors (Lipinski definition) is 1. The van der Waals surface area contributed by atoms with Gasteiger partial charge in [-0.1, -0.05) is 23.7 Å². The molecule has 1 aromatic heterocycles. The maximum atomic E-state index is 12.7. The molecule has 0 radical (unpaired) electrons. The third-order valence-electron chi connectivity index (χ3n) is 4.92. The molecule has 4 rings (SSSR count). The molecule has 5 nitrogen and oxygen atoms in total. The molecule has 1 amide bonds. The zero-order valence-electron chi connectivity index (χ0n) is 15.0. The Morgan fingerprint density at radius 2 is 2.00 bits per heavy atom. The van der Waals surface area contributed by atoms with Gasteiger partial charge in [-0.2, -0.15) is 5.10 Å². The first-order valence-electron chi connectivity index (χ1n) is 8.94. The summed E-state index contributed by atoms with van der Waals surface area (Å²) in [5.74, 6) is 0.653. The molecule has 6 heteroatoms. The van der Waals surface area contributed by atoms with Crippen LogP contribution in [0.1, 0.15) is 40.5 Å². The first-order valence-corrected chi connectivity index (χ1v) is 9.32. The Hall–Kier alpha value is -2.79. The lowest BCUT2D eigenvalue weighted by Gasteiger charge is -2.24. The average molecular weight is 382 g/mol. The van der Waals surface area contributed by atoms with Crippen molar-refractivity contribution < 1.29 is 9.53 Å². The van der Waals surface area contributed by atoms with E-state index in [1.165, 1.54) is 0 Å². The molecule has 1 heterocycles. The number of ether oxygens (including phenoxy) is 1. The lowest BCUT2D eigenvalue weighted by atomic mass is 9.92. The Bertz CT molecular complexity index is 966. The van der Waals surface area contributed by atoms with Crippen molar-refractivity contribution >= 4 is 17.5 Å². The quantitative estimate of drug-likeness (QED) is 0.731. The zero-order valence-corrected chi connectivity index (χ0v) is 15.7. The van der Waals surface area contributed by atoms with Crippen LogP contribution >= 0.6 is 11.6 Å². The van der Waals surface area contributed by atoms with Crippen LogP contribution in [0.25, 0.3) is 5.69 Å². The molecular formula is C21H20ClN3O2. The predicted molar refractivity (Wildman–Crippen MR) is 105 cm³/mol. The maximum absolute atomic E-state index is 12.7. The smallest absolute Gasteiger partial charge is 0.253 e. The van der Waals surface area contributed by atoms with Crippen LogP contribution in [0.5, 0.6) is 5.75 Å². The summed E-state index contributed by atoms with van der Waals surface area (Å²) in [5, 5.41) is 8.15. The lowest BCUT2D eigenvalue weighted by Crippen LogP contribution is -2.31. The molecule has 0 bridgehead atoms. The number of hydrogen-bond acceptors (Lipinski definition) is 3. The molecule has 1 atom stereocenters. The second kappa shape index (κ2) is 7.45. The number of nitrogens with zero attached hydrogens (tertiary/aromatic N) is 2. The topological polar surface area (TPSA) is 56.1 Å². The van der Waals surface area contributed by atoms with Crippen LogP contribution in [-0.4, -0.2) is 22.8 Å². The highest BCUT2D eigenvalue weighted by molar-refractivity contribution is 6.33. The molecule has 0 saturated carbocycles. The molecule has 1 N–H and O–H groups in total. The van der Waals surface area contributed by atoms with Gasteiger partial charge in [-0.25, -0.2) is 4.68 Å². The second-order valence-electron chi connectivity index (χ2n) is 6.55. The van der Waals surface area contributed by atoms with Crippen LogP contribution < -0.4 is 10.1 Å². The third kappa shape index (κ3) is 3.43. The summed E-state index contributed by atoms with van der Waals surface area (Å²) in [7, 11) is 1.65. The Morgan fingerprint density at radius 3 is 2.74 bits per heavy atom. The number of nitrogens with one attached hydrogen (secondary N) is 1. The van der Waals surface area contributed by atoms with Gasteiger partial charge in [0.25, 0.3) is 5.91 Å². The Labute approximate surface area is 162 Å². The summed E-state index contributed by atoms with van der Waals surface area (Å²) in [6.07, 6.45) is 4.66. The molecule has 1 aliphatic carbocycles. The van der Waals surface area contributed by atoms with E-state index in [0.29, 0.717) is 10.6 Å². The summed E-state index contributed by atoms with van der Waals surface area (Å²) in [6.45, 7) is 0. The fourth-order valence-electron chi connectivity index (χ4n) is 3.53. The molecule has 0 fully saturated rings. The molecule has 1 aliphatic rings. The first kappa shape index (κ1) is 17.6. The molecular weight excluding hydrogens is 362 g/mol. The molecule has 138 valence electrons. The second-order valence-corrected chi connectivity index (χ2v) is 6.96. The van der Waals surface area contributed by atoms with Crippen molar-refractivity contribution in [3.05, 3.63) is 76.6 Å². The number of carbonyl (C=O) groups excluding carboxylic acids is 1. The largest absolute Gasteiger partial charge is 0.497 e. The minimum atomic E-state index is -0.157. The Balaban J connectivity index is 1.60. The summed E-state index contributed by atoms with van der Waals surface area (Å²) in [4.78, 5) is 12.7. The van der Waals surface area contributed by atoms with E-state index in [9.17, 15) is 4.79 Å². The van der Waals surface area contributed by atoms with E-state index < -0.39 is 0 Å². The van der Waals surface area contributed by atoms with Gasteiger partial charge in [0.05, 0.1) is 35.6 Å². The van der Waals surface area contributed by atoms with E-state index >= 15 is 0 Å². The van der Waals surface area contributed by atoms with Crippen LogP contribution in [0, 0.1) is 0 Å². The molecule has 1 unspecified atom stereocenters. The minimum Gasteiger partial charge on any atom is -0.497 e. The van der Waals surface area contributed by atoms with E-state index in [1.807, 2.05) is 47.3 Å². The number of benzene rings is 2. The van der Waals surface area contributed by atoms with Gasteiger partial charge in [0.2, 0.25) is 0 Å². The van der Waals surface area contributed by atoms with Crippen LogP contribution in [0.4, 0.5) is 0 Å². The van der Waals surface area contributed by atoms with Gasteiger partial charge in [0.15, 0.2) is 0 Å². The molecule has 2 aromatic carbocycles. The highest BCUT2D eigenvalue weighted by Gasteiger charge is 2.26. The van der Waals surface area contributed by atoms with E-state index in [2.05, 4.69) is 10.4 Å². The van der Waals surface area contributed by atoms with Crippen LogP contribution in [-0.2, 0) is 6.42 Å². The number of methoxy groups -OCH3 is 1.